The lowest BCUT2D eigenvalue weighted by atomic mass is 9.70. The average molecular weight is 539 g/mol. The standard InChI is InChI=1S/C33H38N4OS/c1-24-34-29-10-5-6-11-30(29)37(24)28-22-26-13-14-27(23-28)36(26)20-17-33(25-8-3-2-4-9-25)15-18-35(19-16-33)32(38)31-12-7-21-39-31/h2-12,21,26-28H,13-20,22-23H2,1H3/t26-,27+,28+. The highest BCUT2D eigenvalue weighted by atomic mass is 32.1. The van der Waals surface area contributed by atoms with Crippen molar-refractivity contribution in [2.45, 2.75) is 75.4 Å². The number of hydrogen-bond donors (Lipinski definition) is 0. The zero-order chi connectivity index (χ0) is 26.4. The van der Waals surface area contributed by atoms with Gasteiger partial charge in [0.05, 0.1) is 15.9 Å². The largest absolute Gasteiger partial charge is 0.338 e. The van der Waals surface area contributed by atoms with Crippen LogP contribution in [0.15, 0.2) is 72.1 Å². The molecule has 0 N–H and O–H groups in total. The minimum absolute atomic E-state index is 0.140. The maximum atomic E-state index is 13.1. The van der Waals surface area contributed by atoms with Crippen molar-refractivity contribution in [1.82, 2.24) is 19.4 Å². The van der Waals surface area contributed by atoms with Crippen molar-refractivity contribution >= 4 is 28.3 Å². The van der Waals surface area contributed by atoms with Crippen LogP contribution in [0.4, 0.5) is 0 Å². The molecule has 5 nitrogen and oxygen atoms in total. The summed E-state index contributed by atoms with van der Waals surface area (Å²) in [5.41, 5.74) is 4.01. The van der Waals surface area contributed by atoms with Crippen LogP contribution in [0.25, 0.3) is 11.0 Å². The van der Waals surface area contributed by atoms with Crippen LogP contribution >= 0.6 is 11.3 Å². The molecule has 3 aliphatic rings. The number of thiophene rings is 1. The van der Waals surface area contributed by atoms with E-state index in [-0.39, 0.29) is 11.3 Å². The molecule has 0 aliphatic carbocycles. The van der Waals surface area contributed by atoms with E-state index in [1.54, 1.807) is 11.3 Å². The maximum Gasteiger partial charge on any atom is 0.263 e. The third-order valence-corrected chi connectivity index (χ3v) is 10.8. The molecule has 1 amide bonds. The van der Waals surface area contributed by atoms with E-state index in [0.717, 1.165) is 48.7 Å². The molecule has 5 heterocycles. The second kappa shape index (κ2) is 10.2. The zero-order valence-corrected chi connectivity index (χ0v) is 23.7. The molecular formula is C33H38N4OS. The Morgan fingerprint density at radius 1 is 0.923 bits per heavy atom. The molecule has 2 aromatic heterocycles. The van der Waals surface area contributed by atoms with Gasteiger partial charge in [0.25, 0.3) is 5.91 Å². The van der Waals surface area contributed by atoms with Gasteiger partial charge in [0.15, 0.2) is 0 Å². The average Bonchev–Trinajstić information content (AvgIpc) is 3.68. The van der Waals surface area contributed by atoms with E-state index in [2.05, 4.69) is 75.9 Å². The Kier molecular flexibility index (Phi) is 6.56. The molecule has 3 fully saturated rings. The van der Waals surface area contributed by atoms with Crippen LogP contribution in [0.5, 0.6) is 0 Å². The molecule has 4 aromatic rings. The van der Waals surface area contributed by atoms with Crippen molar-refractivity contribution in [1.29, 1.82) is 0 Å². The highest BCUT2D eigenvalue weighted by Gasteiger charge is 2.44. The van der Waals surface area contributed by atoms with E-state index >= 15 is 0 Å². The fraction of sp³-hybridized carbons (Fsp3) is 0.455. The Balaban J connectivity index is 1.07. The van der Waals surface area contributed by atoms with Crippen LogP contribution in [0.2, 0.25) is 0 Å². The van der Waals surface area contributed by atoms with Crippen LogP contribution < -0.4 is 0 Å². The number of benzene rings is 2. The number of amides is 1. The minimum Gasteiger partial charge on any atom is -0.338 e. The van der Waals surface area contributed by atoms with E-state index < -0.39 is 0 Å². The topological polar surface area (TPSA) is 41.4 Å². The summed E-state index contributed by atoms with van der Waals surface area (Å²) < 4.78 is 2.53. The molecule has 6 heteroatoms. The summed E-state index contributed by atoms with van der Waals surface area (Å²) in [5, 5.41) is 2.00. The Hall–Kier alpha value is -2.96. The summed E-state index contributed by atoms with van der Waals surface area (Å²) in [6.45, 7) is 5.01. The van der Waals surface area contributed by atoms with Gasteiger partial charge >= 0.3 is 0 Å². The van der Waals surface area contributed by atoms with Crippen LogP contribution in [0.1, 0.15) is 72.0 Å². The van der Waals surface area contributed by atoms with Gasteiger partial charge in [0.2, 0.25) is 0 Å². The first kappa shape index (κ1) is 25.0. The van der Waals surface area contributed by atoms with Crippen molar-refractivity contribution in [3.8, 4) is 0 Å². The second-order valence-corrected chi connectivity index (χ2v) is 12.9. The molecule has 7 rings (SSSR count). The van der Waals surface area contributed by atoms with Crippen LogP contribution in [0, 0.1) is 6.92 Å². The van der Waals surface area contributed by atoms with Crippen molar-refractivity contribution in [2.75, 3.05) is 19.6 Å². The summed E-state index contributed by atoms with van der Waals surface area (Å²) in [5.74, 6) is 1.36. The summed E-state index contributed by atoms with van der Waals surface area (Å²) in [4.78, 5) is 23.7. The van der Waals surface area contributed by atoms with Gasteiger partial charge in [-0.15, -0.1) is 11.3 Å². The smallest absolute Gasteiger partial charge is 0.263 e. The molecule has 202 valence electrons. The highest BCUT2D eigenvalue weighted by molar-refractivity contribution is 7.12. The Labute approximate surface area is 235 Å². The first-order valence-electron chi connectivity index (χ1n) is 14.7. The fourth-order valence-electron chi connectivity index (χ4n) is 7.96. The van der Waals surface area contributed by atoms with E-state index in [1.807, 2.05) is 17.5 Å². The number of aromatic nitrogens is 2. The number of nitrogens with zero attached hydrogens (tertiary/aromatic N) is 4. The molecule has 3 aliphatic heterocycles. The lowest BCUT2D eigenvalue weighted by molar-refractivity contribution is 0.0611. The van der Waals surface area contributed by atoms with Gasteiger partial charge in [0.1, 0.15) is 5.82 Å². The number of fused-ring (bicyclic) bond motifs is 3. The van der Waals surface area contributed by atoms with Gasteiger partial charge in [-0.25, -0.2) is 4.98 Å². The van der Waals surface area contributed by atoms with Gasteiger partial charge in [-0.05, 0) is 93.0 Å². The molecule has 39 heavy (non-hydrogen) atoms. The number of likely N-dealkylation sites (tertiary alicyclic amines) is 1. The van der Waals surface area contributed by atoms with Gasteiger partial charge in [-0.2, -0.15) is 0 Å². The zero-order valence-electron chi connectivity index (χ0n) is 22.8. The first-order chi connectivity index (χ1) is 19.1. The molecule has 3 saturated heterocycles. The number of imidazole rings is 1. The molecule has 0 radical (unpaired) electrons. The SMILES string of the molecule is Cc1nc2ccccc2n1[C@H]1C[C@H]2CC[C@@H](C1)N2CCC1(c2ccccc2)CCN(C(=O)c2cccs2)CC1. The molecular weight excluding hydrogens is 500 g/mol. The minimum atomic E-state index is 0.140. The lowest BCUT2D eigenvalue weighted by Gasteiger charge is -2.45. The van der Waals surface area contributed by atoms with E-state index in [0.29, 0.717) is 18.1 Å². The Morgan fingerprint density at radius 3 is 2.36 bits per heavy atom. The Bertz CT molecular complexity index is 1420. The molecule has 2 bridgehead atoms. The predicted octanol–water partition coefficient (Wildman–Crippen LogP) is 6.84. The normalized spacial score (nSPS) is 24.8. The third kappa shape index (κ3) is 4.52. The third-order valence-electron chi connectivity index (χ3n) is 9.97. The number of hydrogen-bond acceptors (Lipinski definition) is 4. The summed E-state index contributed by atoms with van der Waals surface area (Å²) >= 11 is 1.55. The van der Waals surface area contributed by atoms with Crippen LogP contribution in [-0.4, -0.2) is 57.0 Å². The van der Waals surface area contributed by atoms with Crippen molar-refractivity contribution < 1.29 is 4.79 Å². The molecule has 3 atom stereocenters. The number of aryl methyl sites for hydroxylation is 1. The van der Waals surface area contributed by atoms with E-state index in [4.69, 9.17) is 4.98 Å². The second-order valence-electron chi connectivity index (χ2n) is 11.9. The maximum absolute atomic E-state index is 13.1. The van der Waals surface area contributed by atoms with Crippen molar-refractivity contribution in [3.63, 3.8) is 0 Å². The van der Waals surface area contributed by atoms with Crippen molar-refractivity contribution in [2.24, 2.45) is 0 Å². The predicted molar refractivity (Wildman–Crippen MR) is 158 cm³/mol. The van der Waals surface area contributed by atoms with E-state index in [9.17, 15) is 4.79 Å². The first-order valence-corrected chi connectivity index (χ1v) is 15.6. The van der Waals surface area contributed by atoms with Gasteiger partial charge in [0, 0.05) is 31.2 Å². The lowest BCUT2D eigenvalue weighted by Crippen LogP contribution is -2.49. The van der Waals surface area contributed by atoms with Crippen LogP contribution in [-0.2, 0) is 5.41 Å². The summed E-state index contributed by atoms with van der Waals surface area (Å²) in [6.07, 6.45) is 8.32. The number of carbonyl (C=O) groups excluding carboxylic acids is 1. The molecule has 0 spiro atoms. The fourth-order valence-corrected chi connectivity index (χ4v) is 8.65. The summed E-state index contributed by atoms with van der Waals surface area (Å²) in [6, 6.07) is 25.6. The Morgan fingerprint density at radius 2 is 1.64 bits per heavy atom. The van der Waals surface area contributed by atoms with Gasteiger partial charge in [-0.3, -0.25) is 9.69 Å². The van der Waals surface area contributed by atoms with Crippen LogP contribution in [0.3, 0.4) is 0 Å². The molecule has 0 unspecified atom stereocenters. The molecule has 0 saturated carbocycles. The quantitative estimate of drug-likeness (QED) is 0.270. The summed E-state index contributed by atoms with van der Waals surface area (Å²) in [7, 11) is 0. The number of rotatable bonds is 6. The monoisotopic (exact) mass is 538 g/mol. The number of piperidine rings is 2. The number of carbonyl (C=O) groups is 1. The highest BCUT2D eigenvalue weighted by Crippen LogP contribution is 2.45. The van der Waals surface area contributed by atoms with Gasteiger partial charge < -0.3 is 9.47 Å². The molecule has 2 aromatic carbocycles. The van der Waals surface area contributed by atoms with Crippen molar-refractivity contribution in [3.05, 3.63) is 88.4 Å². The van der Waals surface area contributed by atoms with E-state index in [1.165, 1.54) is 43.2 Å². The van der Waals surface area contributed by atoms with Gasteiger partial charge in [-0.1, -0.05) is 48.5 Å². The number of para-hydroxylation sites is 2.